The number of hydrogen-bond donors (Lipinski definition) is 2. The van der Waals surface area contributed by atoms with Crippen LogP contribution in [-0.2, 0) is 16.1 Å². The average Bonchev–Trinajstić information content (AvgIpc) is 3.55. The van der Waals surface area contributed by atoms with Crippen LogP contribution in [0.5, 0.6) is 0 Å². The number of nitrogens with one attached hydrogen (secondary N) is 2. The topological polar surface area (TPSA) is 110 Å². The molecule has 2 aromatic rings. The third-order valence-corrected chi connectivity index (χ3v) is 8.57. The van der Waals surface area contributed by atoms with E-state index in [4.69, 9.17) is 16.3 Å². The maximum atomic E-state index is 14.4. The van der Waals surface area contributed by atoms with Crippen LogP contribution < -0.4 is 10.6 Å². The van der Waals surface area contributed by atoms with E-state index in [2.05, 4.69) is 20.2 Å². The number of amides is 4. The van der Waals surface area contributed by atoms with Crippen LogP contribution in [0.1, 0.15) is 78.2 Å². The minimum absolute atomic E-state index is 0.0360. The molecule has 0 spiro atoms. The van der Waals surface area contributed by atoms with Gasteiger partial charge in [0.25, 0.3) is 0 Å². The summed E-state index contributed by atoms with van der Waals surface area (Å²) in [6, 6.07) is 4.06. The first-order valence-corrected chi connectivity index (χ1v) is 15.0. The molecule has 0 bridgehead atoms. The quantitative estimate of drug-likeness (QED) is 0.404. The fourth-order valence-corrected chi connectivity index (χ4v) is 6.54. The van der Waals surface area contributed by atoms with E-state index in [1.54, 1.807) is 32.9 Å². The van der Waals surface area contributed by atoms with Crippen LogP contribution in [0.3, 0.4) is 0 Å². The second-order valence-corrected chi connectivity index (χ2v) is 12.7. The van der Waals surface area contributed by atoms with Crippen LogP contribution in [-0.4, -0.2) is 56.3 Å². The molecule has 1 saturated carbocycles. The van der Waals surface area contributed by atoms with E-state index >= 15 is 0 Å². The molecule has 1 aromatic heterocycles. The van der Waals surface area contributed by atoms with Gasteiger partial charge in [0.15, 0.2) is 6.04 Å². The van der Waals surface area contributed by atoms with Crippen molar-refractivity contribution in [1.82, 2.24) is 20.2 Å². The molecule has 2 fully saturated rings. The second kappa shape index (κ2) is 12.3. The Morgan fingerprint density at radius 3 is 2.51 bits per heavy atom. The van der Waals surface area contributed by atoms with Gasteiger partial charge in [-0.1, -0.05) is 41.4 Å². The van der Waals surface area contributed by atoms with Gasteiger partial charge in [-0.2, -0.15) is 4.48 Å². The Bertz CT molecular complexity index is 1180. The van der Waals surface area contributed by atoms with Gasteiger partial charge in [-0.25, -0.2) is 14.4 Å². The van der Waals surface area contributed by atoms with E-state index in [-0.39, 0.29) is 34.9 Å². The number of rotatable bonds is 6. The molecule has 39 heavy (non-hydrogen) atoms. The van der Waals surface area contributed by atoms with Crippen LogP contribution in [0.25, 0.3) is 11.3 Å². The molecule has 4 amide bonds. The van der Waals surface area contributed by atoms with Gasteiger partial charge in [-0.05, 0) is 75.7 Å². The zero-order valence-corrected chi connectivity index (χ0v) is 24.7. The van der Waals surface area contributed by atoms with E-state index in [0.29, 0.717) is 17.3 Å². The fraction of sp³-hybridized carbons (Fsp3) is 0.607. The molecule has 2 aliphatic rings. The van der Waals surface area contributed by atoms with Crippen molar-refractivity contribution in [2.45, 2.75) is 96.9 Å². The lowest BCUT2D eigenvalue weighted by molar-refractivity contribution is -0.786. The zero-order chi connectivity index (χ0) is 28.2. The van der Waals surface area contributed by atoms with Gasteiger partial charge in [-0.3, -0.25) is 0 Å². The summed E-state index contributed by atoms with van der Waals surface area (Å²) >= 11 is 7.53. The minimum Gasteiger partial charge on any atom is -0.444 e. The lowest BCUT2D eigenvalue weighted by atomic mass is 9.83. The lowest BCUT2D eigenvalue weighted by Crippen LogP contribution is -2.68. The summed E-state index contributed by atoms with van der Waals surface area (Å²) < 4.78 is 9.14. The highest BCUT2D eigenvalue weighted by Crippen LogP contribution is 2.34. The normalized spacial score (nSPS) is 22.7. The van der Waals surface area contributed by atoms with Gasteiger partial charge in [0, 0.05) is 35.4 Å². The van der Waals surface area contributed by atoms with Crippen LogP contribution in [0.15, 0.2) is 23.6 Å². The van der Waals surface area contributed by atoms with Crippen molar-refractivity contribution in [2.24, 2.45) is 5.92 Å². The standard InChI is InChI=1S/C28H38ClN5O4S/c1-18-9-8-14-34(18,25(35)24(19-10-6-5-7-11-19)31-27(37)38-28(2,3)4)26(36)30-16-20-15-21(29)12-13-22(20)23-17-39-33-32-23/h12-13,15,17-19,24H,5-11,14,16H2,1-4H3,(H-,30,31,36,37)/p+1/t18-,24-,34?/m1/s1. The monoisotopic (exact) mass is 576 g/mol. The fourth-order valence-electron chi connectivity index (χ4n) is 5.89. The van der Waals surface area contributed by atoms with E-state index in [1.165, 1.54) is 11.5 Å². The van der Waals surface area contributed by atoms with Crippen LogP contribution in [0, 0.1) is 5.92 Å². The number of carbonyl (C=O) groups is 3. The van der Waals surface area contributed by atoms with Crippen LogP contribution in [0.4, 0.5) is 9.59 Å². The third kappa shape index (κ3) is 6.78. The number of likely N-dealkylation sites (tertiary alicyclic amines) is 1. The number of halogens is 1. The first kappa shape index (κ1) is 29.4. The lowest BCUT2D eigenvalue weighted by Gasteiger charge is -2.38. The Morgan fingerprint density at radius 1 is 1.15 bits per heavy atom. The Kier molecular flexibility index (Phi) is 9.29. The molecular formula is C28H39ClN5O4S+. The Hall–Kier alpha value is -2.56. The summed E-state index contributed by atoms with van der Waals surface area (Å²) in [4.78, 5) is 41.3. The first-order valence-electron chi connectivity index (χ1n) is 13.8. The second-order valence-electron chi connectivity index (χ2n) is 11.7. The highest BCUT2D eigenvalue weighted by molar-refractivity contribution is 7.03. The minimum atomic E-state index is -0.797. The molecule has 3 atom stereocenters. The van der Waals surface area contributed by atoms with Gasteiger partial charge in [0.05, 0.1) is 6.54 Å². The Balaban J connectivity index is 1.60. The molecule has 11 heteroatoms. The molecule has 1 aliphatic heterocycles. The number of quaternary nitrogens is 1. The predicted molar refractivity (Wildman–Crippen MR) is 151 cm³/mol. The summed E-state index contributed by atoms with van der Waals surface area (Å²) in [6.45, 7) is 7.89. The molecule has 4 rings (SSSR count). The van der Waals surface area contributed by atoms with Crippen molar-refractivity contribution in [3.8, 4) is 11.3 Å². The SMILES string of the molecule is C[C@@H]1CCC[N+]1(C(=O)NCc1cc(Cl)ccc1-c1csnn1)C(=O)[C@H](NC(=O)OC(C)(C)C)C1CCCCC1. The largest absolute Gasteiger partial charge is 0.444 e. The molecule has 1 saturated heterocycles. The summed E-state index contributed by atoms with van der Waals surface area (Å²) in [7, 11) is 0. The zero-order valence-electron chi connectivity index (χ0n) is 23.2. The number of benzene rings is 1. The number of aromatic nitrogens is 2. The van der Waals surface area contributed by atoms with Gasteiger partial charge in [0.1, 0.15) is 17.3 Å². The van der Waals surface area contributed by atoms with E-state index in [0.717, 1.165) is 56.1 Å². The van der Waals surface area contributed by atoms with Crippen molar-refractivity contribution < 1.29 is 23.6 Å². The maximum absolute atomic E-state index is 14.4. The molecule has 2 N–H and O–H groups in total. The van der Waals surface area contributed by atoms with Gasteiger partial charge < -0.3 is 15.4 Å². The smallest absolute Gasteiger partial charge is 0.424 e. The number of imide groups is 1. The molecule has 212 valence electrons. The predicted octanol–water partition coefficient (Wildman–Crippen LogP) is 6.07. The van der Waals surface area contributed by atoms with Gasteiger partial charge in [0.2, 0.25) is 0 Å². The third-order valence-electron chi connectivity index (χ3n) is 7.83. The van der Waals surface area contributed by atoms with Gasteiger partial charge >= 0.3 is 18.0 Å². The number of alkyl carbamates (subject to hydrolysis) is 1. The Labute approximate surface area is 239 Å². The molecule has 9 nitrogen and oxygen atoms in total. The van der Waals surface area contributed by atoms with E-state index in [9.17, 15) is 14.4 Å². The van der Waals surface area contributed by atoms with Crippen molar-refractivity contribution >= 4 is 41.2 Å². The van der Waals surface area contributed by atoms with Crippen molar-refractivity contribution in [2.75, 3.05) is 6.54 Å². The summed E-state index contributed by atoms with van der Waals surface area (Å²) in [5.74, 6) is -0.295. The molecule has 1 aromatic carbocycles. The number of ether oxygens (including phenoxy) is 1. The molecule has 2 heterocycles. The highest BCUT2D eigenvalue weighted by atomic mass is 35.5. The average molecular weight is 577 g/mol. The van der Waals surface area contributed by atoms with Crippen molar-refractivity contribution in [3.63, 3.8) is 0 Å². The van der Waals surface area contributed by atoms with Gasteiger partial charge in [-0.15, -0.1) is 5.10 Å². The summed E-state index contributed by atoms with van der Waals surface area (Å²) in [5.41, 5.74) is 1.62. The first-order chi connectivity index (χ1) is 18.5. The van der Waals surface area contributed by atoms with Crippen LogP contribution >= 0.6 is 23.1 Å². The summed E-state index contributed by atoms with van der Waals surface area (Å²) in [5, 5.41) is 12.5. The Morgan fingerprint density at radius 2 is 1.90 bits per heavy atom. The highest BCUT2D eigenvalue weighted by Gasteiger charge is 2.56. The van der Waals surface area contributed by atoms with E-state index in [1.807, 2.05) is 18.4 Å². The molecular weight excluding hydrogens is 538 g/mol. The van der Waals surface area contributed by atoms with E-state index < -0.39 is 17.7 Å². The number of nitrogens with zero attached hydrogens (tertiary/aromatic N) is 3. The van der Waals surface area contributed by atoms with Crippen LogP contribution in [0.2, 0.25) is 5.02 Å². The number of urea groups is 1. The number of carbonyl (C=O) groups excluding carboxylic acids is 3. The van der Waals surface area contributed by atoms with Crippen molar-refractivity contribution in [1.29, 1.82) is 0 Å². The molecule has 1 aliphatic carbocycles. The summed E-state index contributed by atoms with van der Waals surface area (Å²) in [6.07, 6.45) is 5.62. The number of hydrogen-bond acceptors (Lipinski definition) is 7. The maximum Gasteiger partial charge on any atom is 0.424 e. The molecule has 1 unspecified atom stereocenters. The van der Waals surface area contributed by atoms with Crippen molar-refractivity contribution in [3.05, 3.63) is 34.2 Å². The molecule has 0 radical (unpaired) electrons.